The predicted octanol–water partition coefficient (Wildman–Crippen LogP) is 1.05. The van der Waals surface area contributed by atoms with Crippen LogP contribution in [0, 0.1) is 5.92 Å². The Morgan fingerprint density at radius 1 is 1.26 bits per heavy atom. The first kappa shape index (κ1) is 15.7. The van der Waals surface area contributed by atoms with Crippen molar-refractivity contribution in [3.05, 3.63) is 35.9 Å². The summed E-state index contributed by atoms with van der Waals surface area (Å²) < 4.78 is 0. The van der Waals surface area contributed by atoms with Crippen molar-refractivity contribution in [1.29, 1.82) is 0 Å². The lowest BCUT2D eigenvalue weighted by Crippen LogP contribution is -2.48. The fraction of sp³-hybridized carbons (Fsp3) is 0.533. The van der Waals surface area contributed by atoms with Gasteiger partial charge in [-0.15, -0.1) is 0 Å². The zero-order chi connectivity index (χ0) is 14.3. The molecule has 0 aliphatic heterocycles. The first-order valence-electron chi connectivity index (χ1n) is 6.87. The fourth-order valence-electron chi connectivity index (χ4n) is 1.85. The Morgan fingerprint density at radius 3 is 2.47 bits per heavy atom. The molecule has 0 bridgehead atoms. The molecule has 1 unspecified atom stereocenters. The van der Waals surface area contributed by atoms with Gasteiger partial charge in [-0.05, 0) is 17.9 Å². The Balaban J connectivity index is 2.34. The second-order valence-electron chi connectivity index (χ2n) is 5.11. The van der Waals surface area contributed by atoms with Crippen LogP contribution in [-0.2, 0) is 11.2 Å². The third-order valence-corrected chi connectivity index (χ3v) is 3.44. The standard InChI is InChI=1S/C15H25N3O/c1-3-11(2)14(17)15(19)18-10-13(16)9-12-7-5-4-6-8-12/h4-8,11,13-14H,3,9-10,16-17H2,1-2H3,(H,18,19)/t11?,13-,14+/m1/s1. The van der Waals surface area contributed by atoms with Crippen molar-refractivity contribution in [2.75, 3.05) is 6.54 Å². The molecule has 1 aromatic rings. The van der Waals surface area contributed by atoms with Crippen molar-refractivity contribution < 1.29 is 4.79 Å². The first-order chi connectivity index (χ1) is 9.04. The second-order valence-corrected chi connectivity index (χ2v) is 5.11. The summed E-state index contributed by atoms with van der Waals surface area (Å²) in [6.07, 6.45) is 1.64. The van der Waals surface area contributed by atoms with Crippen molar-refractivity contribution in [2.45, 2.75) is 38.8 Å². The highest BCUT2D eigenvalue weighted by atomic mass is 16.2. The number of nitrogens with one attached hydrogen (secondary N) is 1. The van der Waals surface area contributed by atoms with Crippen LogP contribution in [0.15, 0.2) is 30.3 Å². The van der Waals surface area contributed by atoms with E-state index in [-0.39, 0.29) is 17.9 Å². The molecule has 4 heteroatoms. The summed E-state index contributed by atoms with van der Waals surface area (Å²) in [7, 11) is 0. The summed E-state index contributed by atoms with van der Waals surface area (Å²) in [6, 6.07) is 9.48. The summed E-state index contributed by atoms with van der Waals surface area (Å²) in [4.78, 5) is 11.8. The topological polar surface area (TPSA) is 81.1 Å². The lowest BCUT2D eigenvalue weighted by molar-refractivity contribution is -0.123. The van der Waals surface area contributed by atoms with Gasteiger partial charge in [0.1, 0.15) is 0 Å². The molecule has 1 amide bonds. The van der Waals surface area contributed by atoms with Crippen molar-refractivity contribution >= 4 is 5.91 Å². The van der Waals surface area contributed by atoms with E-state index in [2.05, 4.69) is 5.32 Å². The largest absolute Gasteiger partial charge is 0.353 e. The highest BCUT2D eigenvalue weighted by Crippen LogP contribution is 2.05. The number of benzene rings is 1. The monoisotopic (exact) mass is 263 g/mol. The smallest absolute Gasteiger partial charge is 0.237 e. The average molecular weight is 263 g/mol. The summed E-state index contributed by atoms with van der Waals surface area (Å²) in [5, 5.41) is 2.83. The van der Waals surface area contributed by atoms with Crippen LogP contribution in [0.1, 0.15) is 25.8 Å². The lowest BCUT2D eigenvalue weighted by atomic mass is 9.99. The minimum Gasteiger partial charge on any atom is -0.353 e. The van der Waals surface area contributed by atoms with Crippen LogP contribution in [0.5, 0.6) is 0 Å². The summed E-state index contributed by atoms with van der Waals surface area (Å²) >= 11 is 0. The van der Waals surface area contributed by atoms with E-state index in [1.165, 1.54) is 5.56 Å². The van der Waals surface area contributed by atoms with Gasteiger partial charge in [-0.1, -0.05) is 50.6 Å². The van der Waals surface area contributed by atoms with Crippen LogP contribution >= 0.6 is 0 Å². The van der Waals surface area contributed by atoms with Gasteiger partial charge in [0.15, 0.2) is 0 Å². The fourth-order valence-corrected chi connectivity index (χ4v) is 1.85. The molecule has 5 N–H and O–H groups in total. The van der Waals surface area contributed by atoms with Gasteiger partial charge < -0.3 is 16.8 Å². The molecule has 1 aromatic carbocycles. The predicted molar refractivity (Wildman–Crippen MR) is 78.6 cm³/mol. The molecule has 0 saturated heterocycles. The van der Waals surface area contributed by atoms with Crippen molar-refractivity contribution in [2.24, 2.45) is 17.4 Å². The number of nitrogens with two attached hydrogens (primary N) is 2. The molecule has 0 fully saturated rings. The quantitative estimate of drug-likeness (QED) is 0.687. The molecule has 106 valence electrons. The van der Waals surface area contributed by atoms with Gasteiger partial charge in [-0.2, -0.15) is 0 Å². The van der Waals surface area contributed by atoms with E-state index in [9.17, 15) is 4.79 Å². The van der Waals surface area contributed by atoms with Gasteiger partial charge in [0, 0.05) is 12.6 Å². The normalized spacial score (nSPS) is 15.6. The van der Waals surface area contributed by atoms with Crippen LogP contribution < -0.4 is 16.8 Å². The first-order valence-corrected chi connectivity index (χ1v) is 6.87. The summed E-state index contributed by atoms with van der Waals surface area (Å²) in [6.45, 7) is 4.46. The molecule has 0 radical (unpaired) electrons. The zero-order valence-corrected chi connectivity index (χ0v) is 11.8. The summed E-state index contributed by atoms with van der Waals surface area (Å²) in [5.41, 5.74) is 13.0. The Labute approximate surface area is 115 Å². The van der Waals surface area contributed by atoms with Crippen LogP contribution in [0.25, 0.3) is 0 Å². The van der Waals surface area contributed by atoms with E-state index in [1.54, 1.807) is 0 Å². The molecule has 1 rings (SSSR count). The number of hydrogen-bond donors (Lipinski definition) is 3. The zero-order valence-electron chi connectivity index (χ0n) is 11.8. The van der Waals surface area contributed by atoms with Gasteiger partial charge in [-0.3, -0.25) is 4.79 Å². The highest BCUT2D eigenvalue weighted by Gasteiger charge is 2.19. The molecule has 0 spiro atoms. The van der Waals surface area contributed by atoms with Crippen molar-refractivity contribution in [3.8, 4) is 0 Å². The Bertz CT molecular complexity index is 380. The van der Waals surface area contributed by atoms with E-state index >= 15 is 0 Å². The molecular formula is C15H25N3O. The van der Waals surface area contributed by atoms with Crippen LogP contribution in [0.2, 0.25) is 0 Å². The number of carbonyl (C=O) groups excluding carboxylic acids is 1. The molecule has 4 nitrogen and oxygen atoms in total. The van der Waals surface area contributed by atoms with Gasteiger partial charge in [0.05, 0.1) is 6.04 Å². The molecule has 3 atom stereocenters. The van der Waals surface area contributed by atoms with Crippen LogP contribution in [0.3, 0.4) is 0 Å². The van der Waals surface area contributed by atoms with E-state index in [0.717, 1.165) is 12.8 Å². The SMILES string of the molecule is CCC(C)[C@H](N)C(=O)NC[C@H](N)Cc1ccccc1. The lowest BCUT2D eigenvalue weighted by Gasteiger charge is -2.19. The number of rotatable bonds is 7. The number of carbonyl (C=O) groups is 1. The van der Waals surface area contributed by atoms with Gasteiger partial charge in [0.2, 0.25) is 5.91 Å². The van der Waals surface area contributed by atoms with E-state index < -0.39 is 6.04 Å². The van der Waals surface area contributed by atoms with Crippen LogP contribution in [-0.4, -0.2) is 24.5 Å². The van der Waals surface area contributed by atoms with Crippen molar-refractivity contribution in [3.63, 3.8) is 0 Å². The second kappa shape index (κ2) is 7.92. The van der Waals surface area contributed by atoms with Gasteiger partial charge >= 0.3 is 0 Å². The van der Waals surface area contributed by atoms with Gasteiger partial charge in [-0.25, -0.2) is 0 Å². The number of amides is 1. The molecule has 0 aliphatic carbocycles. The van der Waals surface area contributed by atoms with Crippen LogP contribution in [0.4, 0.5) is 0 Å². The maximum atomic E-state index is 11.8. The molecule has 0 saturated carbocycles. The highest BCUT2D eigenvalue weighted by molar-refractivity contribution is 5.81. The average Bonchev–Trinajstić information content (AvgIpc) is 2.44. The summed E-state index contributed by atoms with van der Waals surface area (Å²) in [5.74, 6) is 0.0724. The maximum absolute atomic E-state index is 11.8. The molecule has 0 heterocycles. The Morgan fingerprint density at radius 2 is 1.89 bits per heavy atom. The van der Waals surface area contributed by atoms with E-state index in [0.29, 0.717) is 6.54 Å². The van der Waals surface area contributed by atoms with Crippen molar-refractivity contribution in [1.82, 2.24) is 5.32 Å². The van der Waals surface area contributed by atoms with E-state index in [1.807, 2.05) is 44.2 Å². The Hall–Kier alpha value is -1.39. The van der Waals surface area contributed by atoms with E-state index in [4.69, 9.17) is 11.5 Å². The molecule has 19 heavy (non-hydrogen) atoms. The van der Waals surface area contributed by atoms with Gasteiger partial charge in [0.25, 0.3) is 0 Å². The third kappa shape index (κ3) is 5.41. The maximum Gasteiger partial charge on any atom is 0.237 e. The molecular weight excluding hydrogens is 238 g/mol. The number of hydrogen-bond acceptors (Lipinski definition) is 3. The molecule has 0 aromatic heterocycles. The Kier molecular flexibility index (Phi) is 6.53. The molecule has 0 aliphatic rings. The minimum atomic E-state index is -0.450. The minimum absolute atomic E-state index is 0.0875. The third-order valence-electron chi connectivity index (χ3n) is 3.44.